The number of benzene rings is 2. The minimum absolute atomic E-state index is 0.201. The fourth-order valence-corrected chi connectivity index (χ4v) is 3.12. The molecule has 2 rings (SSSR count). The summed E-state index contributed by atoms with van der Waals surface area (Å²) in [6.07, 6.45) is 0. The maximum atomic E-state index is 12.0. The predicted octanol–water partition coefficient (Wildman–Crippen LogP) is 5.29. The van der Waals surface area contributed by atoms with E-state index in [-0.39, 0.29) is 6.03 Å². The monoisotopic (exact) mass is 378 g/mol. The van der Waals surface area contributed by atoms with Crippen molar-refractivity contribution in [1.29, 1.82) is 0 Å². The van der Waals surface area contributed by atoms with Crippen LogP contribution in [0, 0.1) is 5.92 Å². The van der Waals surface area contributed by atoms with Gasteiger partial charge in [0, 0.05) is 27.9 Å². The third-order valence-corrected chi connectivity index (χ3v) is 4.98. The maximum absolute atomic E-state index is 12.0. The third-order valence-electron chi connectivity index (χ3n) is 3.38. The van der Waals surface area contributed by atoms with E-state index in [2.05, 4.69) is 17.6 Å². The quantitative estimate of drug-likeness (QED) is 0.613. The van der Waals surface area contributed by atoms with Crippen LogP contribution in [-0.2, 0) is 0 Å². The fourth-order valence-electron chi connectivity index (χ4n) is 2.07. The molecule has 25 heavy (non-hydrogen) atoms. The van der Waals surface area contributed by atoms with Crippen molar-refractivity contribution in [2.24, 2.45) is 5.92 Å². The summed E-state index contributed by atoms with van der Waals surface area (Å²) in [6, 6.07) is 14.9. The van der Waals surface area contributed by atoms with E-state index in [1.54, 1.807) is 11.8 Å². The largest absolute Gasteiger partial charge is 0.494 e. The number of anilines is 1. The van der Waals surface area contributed by atoms with Crippen LogP contribution in [0.15, 0.2) is 53.4 Å². The Bertz CT molecular complexity index is 662. The molecule has 4 nitrogen and oxygen atoms in total. The van der Waals surface area contributed by atoms with E-state index in [1.165, 1.54) is 4.90 Å². The highest BCUT2D eigenvalue weighted by molar-refractivity contribution is 7.99. The van der Waals surface area contributed by atoms with Gasteiger partial charge in [0.15, 0.2) is 0 Å². The van der Waals surface area contributed by atoms with Crippen LogP contribution in [0.3, 0.4) is 0 Å². The molecule has 0 aromatic heterocycles. The van der Waals surface area contributed by atoms with Gasteiger partial charge in [-0.25, -0.2) is 4.79 Å². The fraction of sp³-hybridized carbons (Fsp3) is 0.316. The Morgan fingerprint density at radius 3 is 2.48 bits per heavy atom. The SMILES string of the molecule is CCOc1ccc(NC(=O)NCC(C)CSc2ccc(Cl)cc2)cc1. The second-order valence-electron chi connectivity index (χ2n) is 5.66. The first-order valence-electron chi connectivity index (χ1n) is 8.23. The van der Waals surface area contributed by atoms with Gasteiger partial charge in [-0.2, -0.15) is 0 Å². The average molecular weight is 379 g/mol. The second kappa shape index (κ2) is 10.2. The predicted molar refractivity (Wildman–Crippen MR) is 106 cm³/mol. The zero-order valence-corrected chi connectivity index (χ0v) is 16.0. The Labute approximate surface area is 158 Å². The molecule has 0 spiro atoms. The van der Waals surface area contributed by atoms with E-state index in [9.17, 15) is 4.79 Å². The van der Waals surface area contributed by atoms with Crippen molar-refractivity contribution >= 4 is 35.1 Å². The van der Waals surface area contributed by atoms with Crippen LogP contribution in [0.25, 0.3) is 0 Å². The Morgan fingerprint density at radius 2 is 1.84 bits per heavy atom. The van der Waals surface area contributed by atoms with Crippen molar-refractivity contribution in [2.45, 2.75) is 18.7 Å². The summed E-state index contributed by atoms with van der Waals surface area (Å²) in [7, 11) is 0. The first-order valence-corrected chi connectivity index (χ1v) is 9.59. The average Bonchev–Trinajstić information content (AvgIpc) is 2.61. The van der Waals surface area contributed by atoms with Crippen LogP contribution in [0.5, 0.6) is 5.75 Å². The van der Waals surface area contributed by atoms with E-state index in [1.807, 2.05) is 55.5 Å². The molecule has 0 aliphatic rings. The van der Waals surface area contributed by atoms with E-state index >= 15 is 0 Å². The molecule has 1 atom stereocenters. The molecule has 2 aromatic carbocycles. The van der Waals surface area contributed by atoms with Crippen molar-refractivity contribution < 1.29 is 9.53 Å². The van der Waals surface area contributed by atoms with Crippen LogP contribution in [0.4, 0.5) is 10.5 Å². The molecular formula is C19H23ClN2O2S. The van der Waals surface area contributed by atoms with E-state index in [0.717, 1.165) is 22.2 Å². The third kappa shape index (κ3) is 7.28. The van der Waals surface area contributed by atoms with Gasteiger partial charge in [-0.1, -0.05) is 18.5 Å². The molecule has 2 aromatic rings. The molecular weight excluding hydrogens is 356 g/mol. The number of rotatable bonds is 8. The smallest absolute Gasteiger partial charge is 0.319 e. The van der Waals surface area contributed by atoms with Gasteiger partial charge in [-0.15, -0.1) is 11.8 Å². The highest BCUT2D eigenvalue weighted by Gasteiger charge is 2.07. The molecule has 2 amide bonds. The van der Waals surface area contributed by atoms with Gasteiger partial charge in [0.1, 0.15) is 5.75 Å². The molecule has 0 saturated heterocycles. The molecule has 6 heteroatoms. The normalized spacial score (nSPS) is 11.6. The molecule has 0 bridgehead atoms. The molecule has 134 valence electrons. The van der Waals surface area contributed by atoms with Crippen molar-refractivity contribution in [3.8, 4) is 5.75 Å². The summed E-state index contributed by atoms with van der Waals surface area (Å²) in [5.41, 5.74) is 0.740. The van der Waals surface area contributed by atoms with Crippen LogP contribution in [-0.4, -0.2) is 24.9 Å². The molecule has 0 aliphatic heterocycles. The number of halogens is 1. The first-order chi connectivity index (χ1) is 12.1. The molecule has 0 radical (unpaired) electrons. The highest BCUT2D eigenvalue weighted by Crippen LogP contribution is 2.22. The standard InChI is InChI=1S/C19H23ClN2O2S/c1-3-24-17-8-6-16(7-9-17)22-19(23)21-12-14(2)13-25-18-10-4-15(20)5-11-18/h4-11,14H,3,12-13H2,1-2H3,(H2,21,22,23). The maximum Gasteiger partial charge on any atom is 0.319 e. The number of hydrogen-bond donors (Lipinski definition) is 2. The summed E-state index contributed by atoms with van der Waals surface area (Å²) in [6.45, 7) is 5.29. The zero-order valence-electron chi connectivity index (χ0n) is 14.4. The Morgan fingerprint density at radius 1 is 1.16 bits per heavy atom. The highest BCUT2D eigenvalue weighted by atomic mass is 35.5. The van der Waals surface area contributed by atoms with Crippen LogP contribution in [0.1, 0.15) is 13.8 Å². The topological polar surface area (TPSA) is 50.4 Å². The minimum atomic E-state index is -0.201. The molecule has 0 fully saturated rings. The van der Waals surface area contributed by atoms with Gasteiger partial charge in [0.05, 0.1) is 6.61 Å². The lowest BCUT2D eigenvalue weighted by atomic mass is 10.2. The number of ether oxygens (including phenoxy) is 1. The Hall–Kier alpha value is -1.85. The van der Waals surface area contributed by atoms with Crippen LogP contribution < -0.4 is 15.4 Å². The van der Waals surface area contributed by atoms with Crippen LogP contribution in [0.2, 0.25) is 5.02 Å². The molecule has 2 N–H and O–H groups in total. The van der Waals surface area contributed by atoms with Gasteiger partial charge >= 0.3 is 6.03 Å². The number of hydrogen-bond acceptors (Lipinski definition) is 3. The van der Waals surface area contributed by atoms with Crippen molar-refractivity contribution in [1.82, 2.24) is 5.32 Å². The van der Waals surface area contributed by atoms with Gasteiger partial charge < -0.3 is 15.4 Å². The summed E-state index contributed by atoms with van der Waals surface area (Å²) in [4.78, 5) is 13.1. The number of carbonyl (C=O) groups excluding carboxylic acids is 1. The summed E-state index contributed by atoms with van der Waals surface area (Å²) in [5.74, 6) is 2.07. The van der Waals surface area contributed by atoms with Gasteiger partial charge in [0.25, 0.3) is 0 Å². The Balaban J connectivity index is 1.68. The molecule has 0 aliphatic carbocycles. The second-order valence-corrected chi connectivity index (χ2v) is 7.19. The molecule has 1 unspecified atom stereocenters. The number of amides is 2. The van der Waals surface area contributed by atoms with Gasteiger partial charge in [-0.05, 0) is 61.4 Å². The molecule has 0 saturated carbocycles. The lowest BCUT2D eigenvalue weighted by Gasteiger charge is -2.13. The Kier molecular flexibility index (Phi) is 7.95. The number of carbonyl (C=O) groups is 1. The van der Waals surface area contributed by atoms with Crippen molar-refractivity contribution in [2.75, 3.05) is 24.2 Å². The van der Waals surface area contributed by atoms with Crippen molar-refractivity contribution in [3.05, 3.63) is 53.6 Å². The number of nitrogens with one attached hydrogen (secondary N) is 2. The molecule has 0 heterocycles. The van der Waals surface area contributed by atoms with Crippen LogP contribution >= 0.6 is 23.4 Å². The van der Waals surface area contributed by atoms with Gasteiger partial charge in [-0.3, -0.25) is 0 Å². The van der Waals surface area contributed by atoms with E-state index in [4.69, 9.17) is 16.3 Å². The summed E-state index contributed by atoms with van der Waals surface area (Å²) < 4.78 is 5.38. The van der Waals surface area contributed by atoms with Gasteiger partial charge in [0.2, 0.25) is 0 Å². The van der Waals surface area contributed by atoms with Crippen molar-refractivity contribution in [3.63, 3.8) is 0 Å². The number of thioether (sulfide) groups is 1. The van der Waals surface area contributed by atoms with E-state index < -0.39 is 0 Å². The number of urea groups is 1. The first kappa shape index (κ1) is 19.5. The zero-order chi connectivity index (χ0) is 18.1. The summed E-state index contributed by atoms with van der Waals surface area (Å²) >= 11 is 7.63. The lowest BCUT2D eigenvalue weighted by Crippen LogP contribution is -2.32. The lowest BCUT2D eigenvalue weighted by molar-refractivity contribution is 0.251. The minimum Gasteiger partial charge on any atom is -0.494 e. The van der Waals surface area contributed by atoms with E-state index in [0.29, 0.717) is 19.1 Å². The summed E-state index contributed by atoms with van der Waals surface area (Å²) in [5, 5.41) is 6.46.